The zero-order chi connectivity index (χ0) is 21.2. The first kappa shape index (κ1) is 19.3. The Morgan fingerprint density at radius 3 is 2.65 bits per heavy atom. The summed E-state index contributed by atoms with van der Waals surface area (Å²) < 4.78 is 7.23. The van der Waals surface area contributed by atoms with Crippen LogP contribution in [0.25, 0.3) is 22.3 Å². The van der Waals surface area contributed by atoms with Crippen LogP contribution in [0.15, 0.2) is 60.9 Å². The zero-order valence-electron chi connectivity index (χ0n) is 17.1. The van der Waals surface area contributed by atoms with Gasteiger partial charge in [-0.15, -0.1) is 0 Å². The average Bonchev–Trinajstić information content (AvgIpc) is 3.46. The van der Waals surface area contributed by atoms with E-state index in [1.54, 1.807) is 24.5 Å². The van der Waals surface area contributed by atoms with Crippen LogP contribution in [0.5, 0.6) is 0 Å². The molecule has 2 heterocycles. The van der Waals surface area contributed by atoms with Gasteiger partial charge in [-0.05, 0) is 49.4 Å². The largest absolute Gasteiger partial charge is 0.462 e. The van der Waals surface area contributed by atoms with Crippen molar-refractivity contribution in [3.63, 3.8) is 0 Å². The van der Waals surface area contributed by atoms with Crippen molar-refractivity contribution in [2.24, 2.45) is 0 Å². The molecule has 156 valence electrons. The Morgan fingerprint density at radius 2 is 1.84 bits per heavy atom. The van der Waals surface area contributed by atoms with Crippen LogP contribution in [0.2, 0.25) is 0 Å². The highest BCUT2D eigenvalue weighted by Gasteiger charge is 2.23. The van der Waals surface area contributed by atoms with Crippen LogP contribution in [-0.4, -0.2) is 33.0 Å². The lowest BCUT2D eigenvalue weighted by Crippen LogP contribution is -2.18. The molecule has 0 spiro atoms. The third-order valence-corrected chi connectivity index (χ3v) is 5.87. The molecule has 1 aliphatic rings. The summed E-state index contributed by atoms with van der Waals surface area (Å²) >= 11 is 0. The summed E-state index contributed by atoms with van der Waals surface area (Å²) in [6.45, 7) is 0.0544. The number of nitrogens with zero attached hydrogens (tertiary/aromatic N) is 2. The maximum Gasteiger partial charge on any atom is 0.338 e. The molecule has 4 aromatic rings. The number of aryl methyl sites for hydroxylation is 1. The second-order valence-corrected chi connectivity index (χ2v) is 7.78. The topological polar surface area (TPSA) is 77.0 Å². The van der Waals surface area contributed by atoms with Crippen molar-refractivity contribution in [3.8, 4) is 11.4 Å². The number of hydrogen-bond acceptors (Lipinski definition) is 4. The quantitative estimate of drug-likeness (QED) is 0.477. The number of carbonyl (C=O) groups is 2. The summed E-state index contributed by atoms with van der Waals surface area (Å²) in [5, 5.41) is 1.17. The molecule has 0 amide bonds. The van der Waals surface area contributed by atoms with Crippen molar-refractivity contribution in [2.75, 3.05) is 6.61 Å². The number of para-hydroxylation sites is 1. The third-order valence-electron chi connectivity index (χ3n) is 5.87. The number of imidazole rings is 1. The highest BCUT2D eigenvalue weighted by atomic mass is 16.5. The van der Waals surface area contributed by atoms with Gasteiger partial charge in [-0.25, -0.2) is 9.78 Å². The number of fused-ring (bicyclic) bond motifs is 3. The third kappa shape index (κ3) is 3.65. The second-order valence-electron chi connectivity index (χ2n) is 7.78. The molecule has 0 bridgehead atoms. The van der Waals surface area contributed by atoms with E-state index >= 15 is 0 Å². The number of aromatic amines is 1. The number of esters is 1. The molecule has 0 saturated carbocycles. The van der Waals surface area contributed by atoms with Gasteiger partial charge in [-0.2, -0.15) is 0 Å². The summed E-state index contributed by atoms with van der Waals surface area (Å²) in [7, 11) is 0. The van der Waals surface area contributed by atoms with E-state index in [9.17, 15) is 9.59 Å². The smallest absolute Gasteiger partial charge is 0.338 e. The van der Waals surface area contributed by atoms with E-state index < -0.39 is 5.97 Å². The van der Waals surface area contributed by atoms with Crippen LogP contribution in [0, 0.1) is 0 Å². The molecule has 0 saturated heterocycles. The first-order valence-electron chi connectivity index (χ1n) is 10.6. The lowest BCUT2D eigenvalue weighted by Gasteiger charge is -2.15. The zero-order valence-corrected chi connectivity index (χ0v) is 17.1. The predicted molar refractivity (Wildman–Crippen MR) is 118 cm³/mol. The summed E-state index contributed by atoms with van der Waals surface area (Å²) in [5.74, 6) is 0.284. The van der Waals surface area contributed by atoms with E-state index in [1.165, 1.54) is 10.9 Å². The highest BCUT2D eigenvalue weighted by Crippen LogP contribution is 2.32. The summed E-state index contributed by atoms with van der Waals surface area (Å²) in [6.07, 6.45) is 7.77. The van der Waals surface area contributed by atoms with Crippen LogP contribution in [0.3, 0.4) is 0 Å². The van der Waals surface area contributed by atoms with Crippen LogP contribution in [0.4, 0.5) is 0 Å². The van der Waals surface area contributed by atoms with Gasteiger partial charge in [0.05, 0.1) is 17.5 Å². The molecule has 0 unspecified atom stereocenters. The standard InChI is InChI=1S/C25H23N3O3/c29-23(28-21-7-3-1-5-19(21)20-6-2-4-8-22(20)28)13-16-31-25(30)18-11-9-17(10-12-18)24-26-14-15-27-24/h1,3,5,7,9-12,14-15H,2,4,6,8,13,16H2,(H,26,27). The molecule has 5 rings (SSSR count). The number of carbonyl (C=O) groups excluding carboxylic acids is 2. The molecule has 6 nitrogen and oxygen atoms in total. The van der Waals surface area contributed by atoms with E-state index in [0.717, 1.165) is 48.3 Å². The van der Waals surface area contributed by atoms with Gasteiger partial charge >= 0.3 is 5.97 Å². The van der Waals surface area contributed by atoms with E-state index in [-0.39, 0.29) is 18.9 Å². The van der Waals surface area contributed by atoms with E-state index in [1.807, 2.05) is 34.9 Å². The Balaban J connectivity index is 1.26. The minimum atomic E-state index is -0.432. The van der Waals surface area contributed by atoms with Gasteiger partial charge in [-0.1, -0.05) is 30.3 Å². The van der Waals surface area contributed by atoms with Gasteiger partial charge in [0.1, 0.15) is 12.4 Å². The summed E-state index contributed by atoms with van der Waals surface area (Å²) in [4.78, 5) is 32.7. The van der Waals surface area contributed by atoms with Gasteiger partial charge in [0.15, 0.2) is 0 Å². The van der Waals surface area contributed by atoms with Crippen molar-refractivity contribution < 1.29 is 14.3 Å². The minimum Gasteiger partial charge on any atom is -0.462 e. The molecule has 6 heteroatoms. The van der Waals surface area contributed by atoms with Gasteiger partial charge in [-0.3, -0.25) is 9.36 Å². The second kappa shape index (κ2) is 8.22. The molecule has 0 radical (unpaired) electrons. The van der Waals surface area contributed by atoms with Crippen LogP contribution >= 0.6 is 0 Å². The van der Waals surface area contributed by atoms with Crippen molar-refractivity contribution in [1.82, 2.24) is 14.5 Å². The van der Waals surface area contributed by atoms with Crippen LogP contribution in [-0.2, 0) is 17.6 Å². The van der Waals surface area contributed by atoms with Gasteiger partial charge in [0.25, 0.3) is 0 Å². The minimum absolute atomic E-state index is 0.0275. The molecule has 0 fully saturated rings. The lowest BCUT2D eigenvalue weighted by atomic mass is 9.95. The molecular formula is C25H23N3O3. The van der Waals surface area contributed by atoms with Crippen molar-refractivity contribution in [1.29, 1.82) is 0 Å². The van der Waals surface area contributed by atoms with Crippen molar-refractivity contribution in [3.05, 3.63) is 77.7 Å². The van der Waals surface area contributed by atoms with Crippen molar-refractivity contribution in [2.45, 2.75) is 32.1 Å². The maximum atomic E-state index is 13.0. The Hall–Kier alpha value is -3.67. The molecule has 0 aliphatic heterocycles. The van der Waals surface area contributed by atoms with Crippen LogP contribution < -0.4 is 0 Å². The Morgan fingerprint density at radius 1 is 1.03 bits per heavy atom. The molecule has 1 N–H and O–H groups in total. The number of ether oxygens (including phenoxy) is 1. The number of aromatic nitrogens is 3. The molecule has 1 aliphatic carbocycles. The Labute approximate surface area is 179 Å². The molecular weight excluding hydrogens is 390 g/mol. The first-order valence-corrected chi connectivity index (χ1v) is 10.6. The Bertz CT molecular complexity index is 1240. The fourth-order valence-corrected chi connectivity index (χ4v) is 4.39. The fraction of sp³-hybridized carbons (Fsp3) is 0.240. The van der Waals surface area contributed by atoms with Gasteiger partial charge in [0, 0.05) is 29.0 Å². The van der Waals surface area contributed by atoms with E-state index in [2.05, 4.69) is 16.0 Å². The van der Waals surface area contributed by atoms with Gasteiger partial charge < -0.3 is 9.72 Å². The lowest BCUT2D eigenvalue weighted by molar-refractivity contribution is 0.0489. The summed E-state index contributed by atoms with van der Waals surface area (Å²) in [6, 6.07) is 15.1. The Kier molecular flexibility index (Phi) is 5.12. The number of benzene rings is 2. The van der Waals surface area contributed by atoms with E-state index in [4.69, 9.17) is 4.74 Å². The highest BCUT2D eigenvalue weighted by molar-refractivity contribution is 5.96. The SMILES string of the molecule is O=C(OCCC(=O)n1c2c(c3ccccc31)CCCC2)c1ccc(-c2ncc[nH]2)cc1. The molecule has 31 heavy (non-hydrogen) atoms. The predicted octanol–water partition coefficient (Wildman–Crippen LogP) is 4.80. The van der Waals surface area contributed by atoms with Crippen molar-refractivity contribution >= 4 is 22.8 Å². The molecule has 2 aromatic heterocycles. The summed E-state index contributed by atoms with van der Waals surface area (Å²) in [5.41, 5.74) is 4.72. The van der Waals surface area contributed by atoms with Gasteiger partial charge in [0.2, 0.25) is 5.91 Å². The normalized spacial score (nSPS) is 13.2. The monoisotopic (exact) mass is 413 g/mol. The van der Waals surface area contributed by atoms with E-state index in [0.29, 0.717) is 5.56 Å². The molecule has 0 atom stereocenters. The average molecular weight is 413 g/mol. The maximum absolute atomic E-state index is 13.0. The number of nitrogens with one attached hydrogen (secondary N) is 1. The number of rotatable bonds is 5. The number of hydrogen-bond donors (Lipinski definition) is 1. The first-order chi connectivity index (χ1) is 15.2. The van der Waals surface area contributed by atoms with Crippen LogP contribution in [0.1, 0.15) is 45.7 Å². The molecule has 2 aromatic carbocycles. The number of H-pyrrole nitrogens is 1. The fourth-order valence-electron chi connectivity index (χ4n) is 4.39.